The first-order valence-electron chi connectivity index (χ1n) is 5.62. The lowest BCUT2D eigenvalue weighted by Crippen LogP contribution is -2.48. The Bertz CT molecular complexity index is 240. The van der Waals surface area contributed by atoms with Crippen LogP contribution in [0.4, 0.5) is 4.79 Å². The van der Waals surface area contributed by atoms with E-state index in [-0.39, 0.29) is 11.6 Å². The number of carbonyl (C=O) groups is 1. The van der Waals surface area contributed by atoms with Crippen LogP contribution in [0, 0.1) is 0 Å². The third kappa shape index (κ3) is 2.62. The first-order chi connectivity index (χ1) is 6.91. The highest BCUT2D eigenvalue weighted by Gasteiger charge is 2.35. The molecule has 1 aliphatic heterocycles. The molecule has 4 heteroatoms. The Balaban J connectivity index is 2.62. The summed E-state index contributed by atoms with van der Waals surface area (Å²) in [5.74, 6) is 0. The molecule has 1 rings (SSSR count). The van der Waals surface area contributed by atoms with Crippen LogP contribution < -0.4 is 5.32 Å². The SMILES string of the molecule is CCC1CN(CC(C)(C)NC)C(=O)N1C. The topological polar surface area (TPSA) is 35.6 Å². The van der Waals surface area contributed by atoms with E-state index >= 15 is 0 Å². The van der Waals surface area contributed by atoms with Crippen LogP contribution >= 0.6 is 0 Å². The largest absolute Gasteiger partial charge is 0.323 e. The monoisotopic (exact) mass is 213 g/mol. The van der Waals surface area contributed by atoms with E-state index in [1.54, 1.807) is 0 Å². The Morgan fingerprint density at radius 1 is 1.53 bits per heavy atom. The molecule has 1 heterocycles. The van der Waals surface area contributed by atoms with Crippen LogP contribution in [0.1, 0.15) is 27.2 Å². The van der Waals surface area contributed by atoms with E-state index in [1.807, 2.05) is 23.9 Å². The maximum atomic E-state index is 11.9. The summed E-state index contributed by atoms with van der Waals surface area (Å²) >= 11 is 0. The van der Waals surface area contributed by atoms with E-state index in [0.29, 0.717) is 6.04 Å². The van der Waals surface area contributed by atoms with E-state index in [2.05, 4.69) is 26.1 Å². The molecule has 1 aliphatic rings. The van der Waals surface area contributed by atoms with Crippen molar-refractivity contribution in [1.82, 2.24) is 15.1 Å². The Kier molecular flexibility index (Phi) is 3.60. The fourth-order valence-corrected chi connectivity index (χ4v) is 1.93. The lowest BCUT2D eigenvalue weighted by atomic mass is 10.1. The van der Waals surface area contributed by atoms with Crippen molar-refractivity contribution in [2.24, 2.45) is 0 Å². The third-order valence-electron chi connectivity index (χ3n) is 3.29. The van der Waals surface area contributed by atoms with Gasteiger partial charge in [0, 0.05) is 25.7 Å². The van der Waals surface area contributed by atoms with Crippen LogP contribution in [0.3, 0.4) is 0 Å². The Morgan fingerprint density at radius 2 is 2.13 bits per heavy atom. The van der Waals surface area contributed by atoms with Crippen molar-refractivity contribution in [1.29, 1.82) is 0 Å². The van der Waals surface area contributed by atoms with Gasteiger partial charge in [0.15, 0.2) is 0 Å². The van der Waals surface area contributed by atoms with Crippen molar-refractivity contribution in [3.8, 4) is 0 Å². The normalized spacial score (nSPS) is 22.7. The maximum Gasteiger partial charge on any atom is 0.320 e. The molecule has 15 heavy (non-hydrogen) atoms. The highest BCUT2D eigenvalue weighted by atomic mass is 16.2. The number of nitrogens with one attached hydrogen (secondary N) is 1. The first kappa shape index (κ1) is 12.3. The van der Waals surface area contributed by atoms with Crippen molar-refractivity contribution in [2.75, 3.05) is 27.2 Å². The van der Waals surface area contributed by atoms with Gasteiger partial charge in [-0.05, 0) is 27.3 Å². The molecule has 1 unspecified atom stereocenters. The molecule has 1 saturated heterocycles. The highest BCUT2D eigenvalue weighted by Crippen LogP contribution is 2.18. The van der Waals surface area contributed by atoms with Gasteiger partial charge in [0.25, 0.3) is 0 Å². The molecule has 0 radical (unpaired) electrons. The summed E-state index contributed by atoms with van der Waals surface area (Å²) in [6.45, 7) is 7.97. The highest BCUT2D eigenvalue weighted by molar-refractivity contribution is 5.77. The predicted octanol–water partition coefficient (Wildman–Crippen LogP) is 1.13. The standard InChI is InChI=1S/C11H23N3O/c1-6-9-7-14(10(15)13(9)5)8-11(2,3)12-4/h9,12H,6-8H2,1-5H3. The van der Waals surface area contributed by atoms with Gasteiger partial charge in [0.05, 0.1) is 6.04 Å². The minimum Gasteiger partial charge on any atom is -0.323 e. The second-order valence-electron chi connectivity index (χ2n) is 4.97. The summed E-state index contributed by atoms with van der Waals surface area (Å²) in [7, 11) is 3.82. The fourth-order valence-electron chi connectivity index (χ4n) is 1.93. The summed E-state index contributed by atoms with van der Waals surface area (Å²) in [5, 5.41) is 3.22. The van der Waals surface area contributed by atoms with Crippen molar-refractivity contribution >= 4 is 6.03 Å². The van der Waals surface area contributed by atoms with E-state index in [4.69, 9.17) is 0 Å². The quantitative estimate of drug-likeness (QED) is 0.760. The molecule has 0 aromatic heterocycles. The second-order valence-corrected chi connectivity index (χ2v) is 4.97. The molecular weight excluding hydrogens is 190 g/mol. The number of amides is 2. The lowest BCUT2D eigenvalue weighted by molar-refractivity contribution is 0.184. The zero-order valence-electron chi connectivity index (χ0n) is 10.5. The minimum atomic E-state index is -0.0148. The number of rotatable bonds is 4. The molecule has 0 aromatic rings. The molecule has 0 aliphatic carbocycles. The molecule has 0 aromatic carbocycles. The van der Waals surface area contributed by atoms with Gasteiger partial charge in [-0.25, -0.2) is 4.79 Å². The van der Waals surface area contributed by atoms with Gasteiger partial charge in [-0.2, -0.15) is 0 Å². The summed E-state index contributed by atoms with van der Waals surface area (Å²) < 4.78 is 0. The number of carbonyl (C=O) groups excluding carboxylic acids is 1. The first-order valence-corrected chi connectivity index (χ1v) is 5.62. The summed E-state index contributed by atoms with van der Waals surface area (Å²) in [6, 6.07) is 0.537. The molecule has 88 valence electrons. The van der Waals surface area contributed by atoms with Crippen molar-refractivity contribution in [3.05, 3.63) is 0 Å². The van der Waals surface area contributed by atoms with Crippen LogP contribution in [0.2, 0.25) is 0 Å². The molecule has 0 bridgehead atoms. The van der Waals surface area contributed by atoms with Crippen molar-refractivity contribution in [3.63, 3.8) is 0 Å². The fraction of sp³-hybridized carbons (Fsp3) is 0.909. The number of hydrogen-bond donors (Lipinski definition) is 1. The minimum absolute atomic E-state index is 0.0148. The van der Waals surface area contributed by atoms with Crippen molar-refractivity contribution < 1.29 is 4.79 Å². The summed E-state index contributed by atoms with van der Waals surface area (Å²) in [5.41, 5.74) is -0.0148. The van der Waals surface area contributed by atoms with Gasteiger partial charge in [-0.3, -0.25) is 0 Å². The van der Waals surface area contributed by atoms with Gasteiger partial charge >= 0.3 is 6.03 Å². The predicted molar refractivity (Wildman–Crippen MR) is 61.9 cm³/mol. The zero-order chi connectivity index (χ0) is 11.6. The van der Waals surface area contributed by atoms with Gasteiger partial charge < -0.3 is 15.1 Å². The Hall–Kier alpha value is -0.770. The molecule has 4 nitrogen and oxygen atoms in total. The average Bonchev–Trinajstić information content (AvgIpc) is 2.45. The molecule has 1 N–H and O–H groups in total. The summed E-state index contributed by atoms with van der Waals surface area (Å²) in [4.78, 5) is 15.7. The van der Waals surface area contributed by atoms with E-state index in [1.165, 1.54) is 0 Å². The smallest absolute Gasteiger partial charge is 0.320 e. The molecule has 2 amide bonds. The summed E-state index contributed by atoms with van der Waals surface area (Å²) in [6.07, 6.45) is 1.03. The molecule has 0 saturated carbocycles. The van der Waals surface area contributed by atoms with Gasteiger partial charge in [0.1, 0.15) is 0 Å². The van der Waals surface area contributed by atoms with E-state index in [0.717, 1.165) is 19.5 Å². The number of likely N-dealkylation sites (N-methyl/N-ethyl adjacent to an activating group) is 2. The van der Waals surface area contributed by atoms with E-state index < -0.39 is 0 Å². The number of nitrogens with zero attached hydrogens (tertiary/aromatic N) is 2. The molecular formula is C11H23N3O. The number of hydrogen-bond acceptors (Lipinski definition) is 2. The van der Waals surface area contributed by atoms with Gasteiger partial charge in [0.2, 0.25) is 0 Å². The second kappa shape index (κ2) is 4.39. The third-order valence-corrected chi connectivity index (χ3v) is 3.29. The molecule has 1 atom stereocenters. The Morgan fingerprint density at radius 3 is 2.53 bits per heavy atom. The van der Waals surface area contributed by atoms with Crippen molar-refractivity contribution in [2.45, 2.75) is 38.8 Å². The van der Waals surface area contributed by atoms with Crippen LogP contribution in [-0.4, -0.2) is 54.6 Å². The van der Waals surface area contributed by atoms with Crippen LogP contribution in [0.5, 0.6) is 0 Å². The zero-order valence-corrected chi connectivity index (χ0v) is 10.5. The number of urea groups is 1. The maximum absolute atomic E-state index is 11.9. The van der Waals surface area contributed by atoms with Crippen LogP contribution in [0.25, 0.3) is 0 Å². The Labute approximate surface area is 92.6 Å². The van der Waals surface area contributed by atoms with Gasteiger partial charge in [-0.15, -0.1) is 0 Å². The average molecular weight is 213 g/mol. The van der Waals surface area contributed by atoms with E-state index in [9.17, 15) is 4.79 Å². The molecule has 1 fully saturated rings. The van der Waals surface area contributed by atoms with Crippen LogP contribution in [-0.2, 0) is 0 Å². The van der Waals surface area contributed by atoms with Gasteiger partial charge in [-0.1, -0.05) is 6.92 Å². The lowest BCUT2D eigenvalue weighted by Gasteiger charge is -2.29. The molecule has 0 spiro atoms. The van der Waals surface area contributed by atoms with Crippen LogP contribution in [0.15, 0.2) is 0 Å².